The van der Waals surface area contributed by atoms with E-state index in [4.69, 9.17) is 4.42 Å². The van der Waals surface area contributed by atoms with Gasteiger partial charge < -0.3 is 14.6 Å². The fraction of sp³-hybridized carbons (Fsp3) is 0.476. The van der Waals surface area contributed by atoms with Crippen LogP contribution in [0.3, 0.4) is 0 Å². The molecule has 1 fully saturated rings. The molecule has 2 aliphatic rings. The number of carbonyl (C=O) groups is 2. The third-order valence-corrected chi connectivity index (χ3v) is 5.76. The smallest absolute Gasteiger partial charge is 0.249 e. The zero-order valence-electron chi connectivity index (χ0n) is 16.4. The number of fused-ring (bicyclic) bond motifs is 1. The van der Waals surface area contributed by atoms with E-state index in [1.54, 1.807) is 24.0 Å². The van der Waals surface area contributed by atoms with Crippen LogP contribution in [0.15, 0.2) is 35.1 Å². The number of oxazole rings is 1. The summed E-state index contributed by atoms with van der Waals surface area (Å²) in [5.74, 6) is -4.40. The van der Waals surface area contributed by atoms with Gasteiger partial charge in [-0.1, -0.05) is 19.1 Å². The van der Waals surface area contributed by atoms with Crippen molar-refractivity contribution >= 4 is 11.8 Å². The van der Waals surface area contributed by atoms with Gasteiger partial charge in [0.15, 0.2) is 6.39 Å². The lowest BCUT2D eigenvalue weighted by Gasteiger charge is -2.37. The van der Waals surface area contributed by atoms with E-state index in [0.29, 0.717) is 30.0 Å². The van der Waals surface area contributed by atoms with Crippen molar-refractivity contribution in [3.05, 3.63) is 53.5 Å². The van der Waals surface area contributed by atoms with Crippen molar-refractivity contribution in [2.75, 3.05) is 13.1 Å². The van der Waals surface area contributed by atoms with Crippen LogP contribution in [0.25, 0.3) is 0 Å². The number of benzene rings is 1. The van der Waals surface area contributed by atoms with Crippen molar-refractivity contribution < 1.29 is 27.2 Å². The second kappa shape index (κ2) is 7.77. The minimum Gasteiger partial charge on any atom is -0.448 e. The van der Waals surface area contributed by atoms with Crippen LogP contribution in [0.1, 0.15) is 42.8 Å². The standard InChI is InChI=1S/C21H22F3N3O3/c1-12(10-25-19(28)14-8-21(23,24)9-14)20(29)27-7-6-16-17(26-11-30-16)18(27)13-2-4-15(22)5-3-13/h2-5,11-12,14,18H,6-10H2,1H3,(H,25,28)/t12-,18+/m0/s1. The summed E-state index contributed by atoms with van der Waals surface area (Å²) in [6, 6.07) is 5.33. The van der Waals surface area contributed by atoms with Crippen molar-refractivity contribution in [1.29, 1.82) is 0 Å². The molecule has 2 amide bonds. The molecule has 2 atom stereocenters. The Balaban J connectivity index is 1.46. The minimum absolute atomic E-state index is 0.0536. The van der Waals surface area contributed by atoms with Gasteiger partial charge in [0.1, 0.15) is 23.3 Å². The van der Waals surface area contributed by atoms with E-state index in [2.05, 4.69) is 10.3 Å². The molecule has 0 saturated heterocycles. The molecule has 2 heterocycles. The van der Waals surface area contributed by atoms with Gasteiger partial charge in [-0.15, -0.1) is 0 Å². The number of alkyl halides is 2. The molecule has 0 bridgehead atoms. The van der Waals surface area contributed by atoms with Crippen molar-refractivity contribution in [2.45, 2.75) is 38.2 Å². The average Bonchev–Trinajstić information content (AvgIpc) is 3.18. The lowest BCUT2D eigenvalue weighted by Crippen LogP contribution is -2.48. The number of halogens is 3. The van der Waals surface area contributed by atoms with Gasteiger partial charge in [-0.05, 0) is 17.7 Å². The highest BCUT2D eigenvalue weighted by Gasteiger charge is 2.48. The number of aromatic nitrogens is 1. The van der Waals surface area contributed by atoms with E-state index >= 15 is 0 Å². The number of amides is 2. The molecule has 1 aromatic carbocycles. The number of hydrogen-bond acceptors (Lipinski definition) is 4. The third-order valence-electron chi connectivity index (χ3n) is 5.76. The number of rotatable bonds is 5. The molecule has 6 nitrogen and oxygen atoms in total. The van der Waals surface area contributed by atoms with Gasteiger partial charge in [0.05, 0.1) is 5.92 Å². The first-order valence-electron chi connectivity index (χ1n) is 9.89. The zero-order chi connectivity index (χ0) is 21.5. The van der Waals surface area contributed by atoms with Gasteiger partial charge in [0, 0.05) is 38.3 Å². The van der Waals surface area contributed by atoms with Gasteiger partial charge >= 0.3 is 0 Å². The molecule has 1 saturated carbocycles. The predicted molar refractivity (Wildman–Crippen MR) is 100 cm³/mol. The number of nitrogens with one attached hydrogen (secondary N) is 1. The average molecular weight is 421 g/mol. The van der Waals surface area contributed by atoms with E-state index in [1.165, 1.54) is 18.5 Å². The lowest BCUT2D eigenvalue weighted by atomic mass is 9.80. The maximum atomic E-state index is 13.4. The van der Waals surface area contributed by atoms with Crippen LogP contribution in [0.2, 0.25) is 0 Å². The maximum absolute atomic E-state index is 13.4. The monoisotopic (exact) mass is 421 g/mol. The Morgan fingerprint density at radius 3 is 2.67 bits per heavy atom. The first kappa shape index (κ1) is 20.4. The van der Waals surface area contributed by atoms with E-state index in [0.717, 1.165) is 0 Å². The summed E-state index contributed by atoms with van der Waals surface area (Å²) >= 11 is 0. The van der Waals surface area contributed by atoms with E-state index in [-0.39, 0.29) is 18.3 Å². The Kier molecular flexibility index (Phi) is 5.29. The SMILES string of the molecule is C[C@@H](CNC(=O)C1CC(F)(F)C1)C(=O)N1CCc2ocnc2[C@H]1c1ccc(F)cc1. The Bertz CT molecular complexity index is 936. The first-order valence-corrected chi connectivity index (χ1v) is 9.89. The third kappa shape index (κ3) is 3.93. The quantitative estimate of drug-likeness (QED) is 0.805. The van der Waals surface area contributed by atoms with Gasteiger partial charge in [0.2, 0.25) is 17.7 Å². The van der Waals surface area contributed by atoms with Gasteiger partial charge in [-0.2, -0.15) is 0 Å². The van der Waals surface area contributed by atoms with Crippen LogP contribution < -0.4 is 5.32 Å². The largest absolute Gasteiger partial charge is 0.448 e. The summed E-state index contributed by atoms with van der Waals surface area (Å²) in [7, 11) is 0. The Morgan fingerprint density at radius 2 is 2.00 bits per heavy atom. The number of nitrogens with zero attached hydrogens (tertiary/aromatic N) is 2. The summed E-state index contributed by atoms with van der Waals surface area (Å²) < 4.78 is 44.7. The summed E-state index contributed by atoms with van der Waals surface area (Å²) in [4.78, 5) is 31.1. The molecule has 2 aromatic rings. The summed E-state index contributed by atoms with van der Waals surface area (Å²) in [6.07, 6.45) is 0.923. The maximum Gasteiger partial charge on any atom is 0.249 e. The molecular formula is C21H22F3N3O3. The van der Waals surface area contributed by atoms with Gasteiger partial charge in [-0.3, -0.25) is 9.59 Å². The second-order valence-electron chi connectivity index (χ2n) is 8.00. The summed E-state index contributed by atoms with van der Waals surface area (Å²) in [6.45, 7) is 2.12. The van der Waals surface area contributed by atoms with E-state index in [9.17, 15) is 22.8 Å². The van der Waals surface area contributed by atoms with Gasteiger partial charge in [-0.25, -0.2) is 18.2 Å². The molecule has 160 valence electrons. The molecule has 9 heteroatoms. The molecule has 0 unspecified atom stereocenters. The van der Waals surface area contributed by atoms with Crippen molar-refractivity contribution in [3.8, 4) is 0 Å². The highest BCUT2D eigenvalue weighted by Crippen LogP contribution is 2.42. The number of carbonyl (C=O) groups excluding carboxylic acids is 2. The van der Waals surface area contributed by atoms with Crippen LogP contribution in [-0.2, 0) is 16.0 Å². The molecule has 1 N–H and O–H groups in total. The topological polar surface area (TPSA) is 75.4 Å². The molecule has 4 rings (SSSR count). The highest BCUT2D eigenvalue weighted by molar-refractivity contribution is 5.83. The van der Waals surface area contributed by atoms with Crippen LogP contribution >= 0.6 is 0 Å². The normalized spacial score (nSPS) is 21.5. The molecular weight excluding hydrogens is 399 g/mol. The molecule has 0 radical (unpaired) electrons. The Labute approximate surface area is 171 Å². The van der Waals surface area contributed by atoms with E-state index < -0.39 is 42.5 Å². The van der Waals surface area contributed by atoms with Crippen molar-refractivity contribution in [1.82, 2.24) is 15.2 Å². The zero-order valence-corrected chi connectivity index (χ0v) is 16.4. The molecule has 1 aromatic heterocycles. The number of hydrogen-bond donors (Lipinski definition) is 1. The molecule has 1 aliphatic carbocycles. The first-order chi connectivity index (χ1) is 14.2. The molecule has 1 aliphatic heterocycles. The second-order valence-corrected chi connectivity index (χ2v) is 8.00. The minimum atomic E-state index is -2.77. The van der Waals surface area contributed by atoms with Crippen LogP contribution in [-0.4, -0.2) is 40.7 Å². The van der Waals surface area contributed by atoms with Crippen molar-refractivity contribution in [3.63, 3.8) is 0 Å². The highest BCUT2D eigenvalue weighted by atomic mass is 19.3. The van der Waals surface area contributed by atoms with E-state index in [1.807, 2.05) is 0 Å². The summed E-state index contributed by atoms with van der Waals surface area (Å²) in [5, 5.41) is 2.61. The molecule has 0 spiro atoms. The molecule has 30 heavy (non-hydrogen) atoms. The Morgan fingerprint density at radius 1 is 1.30 bits per heavy atom. The fourth-order valence-corrected chi connectivity index (χ4v) is 4.02. The lowest BCUT2D eigenvalue weighted by molar-refractivity contribution is -0.150. The van der Waals surface area contributed by atoms with Crippen LogP contribution in [0.4, 0.5) is 13.2 Å². The van der Waals surface area contributed by atoms with Crippen LogP contribution in [0, 0.1) is 17.7 Å². The van der Waals surface area contributed by atoms with Gasteiger partial charge in [0.25, 0.3) is 0 Å². The van der Waals surface area contributed by atoms with Crippen LogP contribution in [0.5, 0.6) is 0 Å². The predicted octanol–water partition coefficient (Wildman–Crippen LogP) is 3.09. The fourth-order valence-electron chi connectivity index (χ4n) is 4.02. The van der Waals surface area contributed by atoms with Crippen molar-refractivity contribution in [2.24, 2.45) is 11.8 Å². The Hall–Kier alpha value is -2.84. The summed E-state index contributed by atoms with van der Waals surface area (Å²) in [5.41, 5.74) is 1.31.